The zero-order valence-corrected chi connectivity index (χ0v) is 16.6. The van der Waals surface area contributed by atoms with E-state index in [1.165, 1.54) is 6.08 Å². The maximum Gasteiger partial charge on any atom is 0.349 e. The van der Waals surface area contributed by atoms with Crippen molar-refractivity contribution in [2.75, 3.05) is 42.3 Å². The molecule has 11 heteroatoms. The first-order valence-electron chi connectivity index (χ1n) is 8.50. The van der Waals surface area contributed by atoms with Gasteiger partial charge in [0.2, 0.25) is 5.95 Å². The second kappa shape index (κ2) is 8.92. The maximum atomic E-state index is 11.9. The van der Waals surface area contributed by atoms with Crippen molar-refractivity contribution in [3.63, 3.8) is 0 Å². The quantitative estimate of drug-likeness (QED) is 0.277. The summed E-state index contributed by atoms with van der Waals surface area (Å²) in [4.78, 5) is 38.0. The van der Waals surface area contributed by atoms with Crippen LogP contribution in [-0.2, 0) is 11.0 Å². The number of nitrogens with one attached hydrogen (secondary N) is 2. The van der Waals surface area contributed by atoms with Crippen molar-refractivity contribution in [2.45, 2.75) is 12.8 Å². The number of nitrogens with zero attached hydrogens (tertiary/aromatic N) is 2. The second-order valence-corrected chi connectivity index (χ2v) is 7.89. The fraction of sp³-hybridized carbons (Fsp3) is 0.294. The molecule has 2 rings (SSSR count). The highest BCUT2D eigenvalue weighted by Crippen LogP contribution is 2.38. The zero-order chi connectivity index (χ0) is 20.9. The molecule has 0 spiro atoms. The Bertz CT molecular complexity index is 967. The van der Waals surface area contributed by atoms with Gasteiger partial charge in [-0.1, -0.05) is 6.07 Å². The van der Waals surface area contributed by atoms with Gasteiger partial charge >= 0.3 is 7.60 Å². The average Bonchev–Trinajstić information content (AvgIpc) is 2.58. The Labute approximate surface area is 162 Å². The summed E-state index contributed by atoms with van der Waals surface area (Å²) in [6, 6.07) is 5.47. The summed E-state index contributed by atoms with van der Waals surface area (Å²) in [5, 5.41) is 3.26. The first-order valence-corrected chi connectivity index (χ1v) is 10.2. The van der Waals surface area contributed by atoms with E-state index in [0.29, 0.717) is 30.5 Å². The Kier molecular flexibility index (Phi) is 6.85. The fourth-order valence-electron chi connectivity index (χ4n) is 2.63. The molecule has 0 aliphatic carbocycles. The number of hydrogen-bond acceptors (Lipinski definition) is 7. The minimum absolute atomic E-state index is 0.00604. The average molecular weight is 408 g/mol. The Hall–Kier alpha value is -2.81. The van der Waals surface area contributed by atoms with Crippen LogP contribution in [0.3, 0.4) is 0 Å². The summed E-state index contributed by atoms with van der Waals surface area (Å²) in [6.45, 7) is 0.591. The lowest BCUT2D eigenvalue weighted by Gasteiger charge is -2.18. The largest absolute Gasteiger partial charge is 0.385 e. The molecule has 10 nitrogen and oxygen atoms in total. The van der Waals surface area contributed by atoms with Crippen LogP contribution in [0, 0.1) is 0 Å². The topological polar surface area (TPSA) is 171 Å². The highest BCUT2D eigenvalue weighted by molar-refractivity contribution is 7.55. The second-order valence-electron chi connectivity index (χ2n) is 6.42. The predicted molar refractivity (Wildman–Crippen MR) is 112 cm³/mol. The molecule has 1 aromatic carbocycles. The number of aromatic nitrogens is 2. The molecule has 152 valence electrons. The van der Waals surface area contributed by atoms with Crippen LogP contribution in [0.25, 0.3) is 6.08 Å². The molecule has 1 heterocycles. The molecule has 0 radical (unpaired) electrons. The van der Waals surface area contributed by atoms with E-state index >= 15 is 0 Å². The maximum absolute atomic E-state index is 11.9. The molecule has 0 aliphatic rings. The smallest absolute Gasteiger partial charge is 0.349 e. The number of anilines is 4. The van der Waals surface area contributed by atoms with E-state index in [2.05, 4.69) is 15.3 Å². The Morgan fingerprint density at radius 2 is 2.04 bits per heavy atom. The van der Waals surface area contributed by atoms with Gasteiger partial charge in [0.25, 0.3) is 5.56 Å². The molecule has 2 aromatic rings. The Morgan fingerprint density at radius 3 is 2.64 bits per heavy atom. The molecule has 0 atom stereocenters. The number of nitrogen functional groups attached to an aromatic ring is 2. The summed E-state index contributed by atoms with van der Waals surface area (Å²) < 4.78 is 11.0. The Balaban J connectivity index is 2.03. The molecule has 0 bridgehead atoms. The number of H-pyrrole nitrogens is 1. The highest BCUT2D eigenvalue weighted by Gasteiger charge is 2.10. The third-order valence-corrected chi connectivity index (χ3v) is 4.50. The third-order valence-electron chi connectivity index (χ3n) is 3.96. The molecule has 1 aromatic heterocycles. The van der Waals surface area contributed by atoms with Gasteiger partial charge in [-0.3, -0.25) is 14.3 Å². The van der Waals surface area contributed by atoms with Crippen LogP contribution < -0.4 is 27.2 Å². The van der Waals surface area contributed by atoms with Crippen LogP contribution in [0.4, 0.5) is 23.1 Å². The van der Waals surface area contributed by atoms with E-state index in [4.69, 9.17) is 21.3 Å². The van der Waals surface area contributed by atoms with Gasteiger partial charge in [-0.25, -0.2) is 0 Å². The van der Waals surface area contributed by atoms with Crippen LogP contribution in [0.5, 0.6) is 0 Å². The lowest BCUT2D eigenvalue weighted by Crippen LogP contribution is -2.20. The summed E-state index contributed by atoms with van der Waals surface area (Å²) in [5.41, 5.74) is 13.6. The zero-order valence-electron chi connectivity index (χ0n) is 15.7. The number of rotatable bonds is 8. The van der Waals surface area contributed by atoms with Gasteiger partial charge in [0.1, 0.15) is 5.82 Å². The summed E-state index contributed by atoms with van der Waals surface area (Å²) in [5.74, 6) is 1.01. The summed E-state index contributed by atoms with van der Waals surface area (Å²) in [6.07, 6.45) is 2.50. The van der Waals surface area contributed by atoms with Gasteiger partial charge in [0.05, 0.1) is 5.56 Å². The first kappa shape index (κ1) is 21.5. The van der Waals surface area contributed by atoms with Crippen molar-refractivity contribution >= 4 is 36.8 Å². The summed E-state index contributed by atoms with van der Waals surface area (Å²) >= 11 is 0. The number of nitrogens with two attached hydrogens (primary N) is 2. The van der Waals surface area contributed by atoms with E-state index < -0.39 is 7.60 Å². The van der Waals surface area contributed by atoms with Crippen LogP contribution in [-0.4, -0.2) is 40.4 Å². The van der Waals surface area contributed by atoms with Gasteiger partial charge < -0.3 is 31.5 Å². The normalized spacial score (nSPS) is 11.7. The molecule has 0 saturated heterocycles. The van der Waals surface area contributed by atoms with E-state index in [1.54, 1.807) is 6.07 Å². The number of benzene rings is 1. The molecular weight excluding hydrogens is 383 g/mol. The Morgan fingerprint density at radius 1 is 1.32 bits per heavy atom. The van der Waals surface area contributed by atoms with Crippen molar-refractivity contribution in [3.05, 3.63) is 45.5 Å². The monoisotopic (exact) mass is 408 g/mol. The highest BCUT2D eigenvalue weighted by atomic mass is 31.2. The molecule has 8 N–H and O–H groups in total. The molecule has 0 amide bonds. The van der Waals surface area contributed by atoms with Crippen LogP contribution in [0.2, 0.25) is 0 Å². The van der Waals surface area contributed by atoms with Crippen molar-refractivity contribution in [2.24, 2.45) is 0 Å². The fourth-order valence-corrected chi connectivity index (χ4v) is 2.99. The number of aromatic amines is 1. The van der Waals surface area contributed by atoms with E-state index in [9.17, 15) is 9.36 Å². The molecule has 0 aliphatic heterocycles. The van der Waals surface area contributed by atoms with Gasteiger partial charge in [-0.2, -0.15) is 4.98 Å². The molecule has 0 saturated carbocycles. The minimum Gasteiger partial charge on any atom is -0.385 e. The van der Waals surface area contributed by atoms with Gasteiger partial charge in [0.15, 0.2) is 0 Å². The first-order chi connectivity index (χ1) is 13.1. The van der Waals surface area contributed by atoms with Crippen LogP contribution >= 0.6 is 7.60 Å². The molecule has 0 unspecified atom stereocenters. The van der Waals surface area contributed by atoms with E-state index in [0.717, 1.165) is 17.2 Å². The van der Waals surface area contributed by atoms with E-state index in [-0.39, 0.29) is 17.3 Å². The SMILES string of the molecule is CN(C)c1cc(NCCCc2c(N)nc(N)[nH]c2=O)ccc1C=CP(=O)(O)O. The standard InChI is InChI=1S/C17H25N6O4P/c1-23(2)14-10-12(6-5-11(14)7-9-28(25,26)27)20-8-3-4-13-15(18)21-17(19)22-16(13)24/h5-7,9-10,20H,3-4,8H2,1-2H3,(H2,25,26,27)(H5,18,19,21,22,24). The predicted octanol–water partition coefficient (Wildman–Crippen LogP) is 1.19. The van der Waals surface area contributed by atoms with Crippen LogP contribution in [0.15, 0.2) is 28.8 Å². The van der Waals surface area contributed by atoms with Crippen LogP contribution in [0.1, 0.15) is 17.5 Å². The summed E-state index contributed by atoms with van der Waals surface area (Å²) in [7, 11) is -0.533. The molecular formula is C17H25N6O4P. The van der Waals surface area contributed by atoms with E-state index in [1.807, 2.05) is 31.1 Å². The lowest BCUT2D eigenvalue weighted by molar-refractivity contribution is 0.386. The van der Waals surface area contributed by atoms with Crippen molar-refractivity contribution in [1.29, 1.82) is 0 Å². The van der Waals surface area contributed by atoms with Crippen molar-refractivity contribution < 1.29 is 14.4 Å². The molecule has 28 heavy (non-hydrogen) atoms. The lowest BCUT2D eigenvalue weighted by atomic mass is 10.1. The number of hydrogen-bond donors (Lipinski definition) is 6. The van der Waals surface area contributed by atoms with Gasteiger partial charge in [-0.15, -0.1) is 0 Å². The van der Waals surface area contributed by atoms with Gasteiger partial charge in [-0.05, 0) is 36.6 Å². The molecule has 0 fully saturated rings. The van der Waals surface area contributed by atoms with Crippen molar-refractivity contribution in [3.8, 4) is 0 Å². The van der Waals surface area contributed by atoms with Gasteiger partial charge in [0, 0.05) is 37.8 Å². The third kappa shape index (κ3) is 6.12. The minimum atomic E-state index is -4.22. The van der Waals surface area contributed by atoms with Crippen molar-refractivity contribution in [1.82, 2.24) is 9.97 Å².